The second-order valence-corrected chi connectivity index (χ2v) is 4.97. The Morgan fingerprint density at radius 3 is 2.65 bits per heavy atom. The van der Waals surface area contributed by atoms with Crippen molar-refractivity contribution >= 4 is 5.91 Å². The van der Waals surface area contributed by atoms with E-state index in [9.17, 15) is 9.18 Å². The van der Waals surface area contributed by atoms with Crippen LogP contribution >= 0.6 is 0 Å². The lowest BCUT2D eigenvalue weighted by atomic mass is 10.2. The van der Waals surface area contributed by atoms with Crippen LogP contribution in [0.5, 0.6) is 0 Å². The van der Waals surface area contributed by atoms with Crippen molar-refractivity contribution in [2.45, 2.75) is 12.5 Å². The molecule has 1 saturated heterocycles. The summed E-state index contributed by atoms with van der Waals surface area (Å²) < 4.78 is 18.4. The van der Waals surface area contributed by atoms with Gasteiger partial charge in [-0.05, 0) is 42.8 Å². The Hall–Kier alpha value is -2.14. The fraction of sp³-hybridized carbons (Fsp3) is 0.267. The molecule has 2 heterocycles. The van der Waals surface area contributed by atoms with Crippen LogP contribution < -0.4 is 5.73 Å². The van der Waals surface area contributed by atoms with Gasteiger partial charge in [-0.1, -0.05) is 0 Å². The highest BCUT2D eigenvalue weighted by Crippen LogP contribution is 2.23. The number of furan rings is 1. The van der Waals surface area contributed by atoms with Crippen molar-refractivity contribution in [2.24, 2.45) is 5.73 Å². The first-order chi connectivity index (χ1) is 9.63. The molecule has 2 N–H and O–H groups in total. The first-order valence-electron chi connectivity index (χ1n) is 6.54. The minimum Gasteiger partial charge on any atom is -0.451 e. The smallest absolute Gasteiger partial charge is 0.289 e. The molecule has 1 aliphatic heterocycles. The van der Waals surface area contributed by atoms with E-state index in [2.05, 4.69) is 0 Å². The summed E-state index contributed by atoms with van der Waals surface area (Å²) >= 11 is 0. The molecule has 1 atom stereocenters. The maximum atomic E-state index is 12.9. The maximum Gasteiger partial charge on any atom is 0.289 e. The van der Waals surface area contributed by atoms with Gasteiger partial charge in [0.25, 0.3) is 5.91 Å². The summed E-state index contributed by atoms with van der Waals surface area (Å²) in [6.07, 6.45) is 0.817. The normalized spacial score (nSPS) is 18.5. The molecule has 5 heteroatoms. The third-order valence-electron chi connectivity index (χ3n) is 3.46. The summed E-state index contributed by atoms with van der Waals surface area (Å²) in [5.41, 5.74) is 6.53. The van der Waals surface area contributed by atoms with Crippen LogP contribution in [-0.2, 0) is 0 Å². The van der Waals surface area contributed by atoms with Crippen LogP contribution in [0.1, 0.15) is 17.0 Å². The van der Waals surface area contributed by atoms with Crippen molar-refractivity contribution in [3.8, 4) is 11.3 Å². The molecule has 0 radical (unpaired) electrons. The lowest BCUT2D eigenvalue weighted by Gasteiger charge is -2.13. The number of halogens is 1. The molecule has 20 heavy (non-hydrogen) atoms. The molecule has 2 aromatic rings. The molecular formula is C15H15FN2O2. The summed E-state index contributed by atoms with van der Waals surface area (Å²) in [4.78, 5) is 13.9. The number of benzene rings is 1. The van der Waals surface area contributed by atoms with Gasteiger partial charge in [0.05, 0.1) is 0 Å². The van der Waals surface area contributed by atoms with Crippen LogP contribution in [-0.4, -0.2) is 29.9 Å². The van der Waals surface area contributed by atoms with E-state index in [0.717, 1.165) is 12.0 Å². The van der Waals surface area contributed by atoms with Crippen LogP contribution in [0.15, 0.2) is 40.8 Å². The quantitative estimate of drug-likeness (QED) is 0.913. The molecule has 1 amide bonds. The van der Waals surface area contributed by atoms with Gasteiger partial charge in [-0.25, -0.2) is 4.39 Å². The number of carbonyl (C=O) groups is 1. The fourth-order valence-electron chi connectivity index (χ4n) is 2.35. The maximum absolute atomic E-state index is 12.9. The molecule has 1 aromatic carbocycles. The zero-order valence-electron chi connectivity index (χ0n) is 10.9. The second-order valence-electron chi connectivity index (χ2n) is 4.97. The molecule has 0 aliphatic carbocycles. The van der Waals surface area contributed by atoms with Gasteiger partial charge >= 0.3 is 0 Å². The van der Waals surface area contributed by atoms with E-state index in [1.165, 1.54) is 12.1 Å². The zero-order chi connectivity index (χ0) is 14.1. The zero-order valence-corrected chi connectivity index (χ0v) is 10.9. The number of carbonyl (C=O) groups excluding carboxylic acids is 1. The van der Waals surface area contributed by atoms with Gasteiger partial charge < -0.3 is 15.1 Å². The molecule has 0 bridgehead atoms. The number of likely N-dealkylation sites (tertiary alicyclic amines) is 1. The largest absolute Gasteiger partial charge is 0.451 e. The summed E-state index contributed by atoms with van der Waals surface area (Å²) in [5, 5.41) is 0. The van der Waals surface area contributed by atoms with E-state index in [0.29, 0.717) is 24.6 Å². The van der Waals surface area contributed by atoms with Gasteiger partial charge in [0.2, 0.25) is 0 Å². The Morgan fingerprint density at radius 2 is 2.00 bits per heavy atom. The number of nitrogens with two attached hydrogens (primary N) is 1. The Kier molecular flexibility index (Phi) is 3.28. The molecule has 1 aliphatic rings. The standard InChI is InChI=1S/C15H15FN2O2/c16-11-3-1-10(2-4-11)13-5-6-14(20-13)15(19)18-8-7-12(17)9-18/h1-6,12H,7-9,17H2/t12-/m1/s1. The highest BCUT2D eigenvalue weighted by Gasteiger charge is 2.26. The topological polar surface area (TPSA) is 59.5 Å². The van der Waals surface area contributed by atoms with Crippen LogP contribution in [0.2, 0.25) is 0 Å². The van der Waals surface area contributed by atoms with Gasteiger partial charge in [0.1, 0.15) is 11.6 Å². The highest BCUT2D eigenvalue weighted by molar-refractivity contribution is 5.92. The Balaban J connectivity index is 1.79. The third kappa shape index (κ3) is 2.44. The van der Waals surface area contributed by atoms with E-state index >= 15 is 0 Å². The SMILES string of the molecule is N[C@@H]1CCN(C(=O)c2ccc(-c3ccc(F)cc3)o2)C1. The van der Waals surface area contributed by atoms with E-state index < -0.39 is 0 Å². The molecule has 1 fully saturated rings. The number of hydrogen-bond donors (Lipinski definition) is 1. The van der Waals surface area contributed by atoms with E-state index in [1.807, 2.05) is 0 Å². The van der Waals surface area contributed by atoms with Gasteiger partial charge in [0, 0.05) is 24.7 Å². The molecule has 0 spiro atoms. The number of amides is 1. The van der Waals surface area contributed by atoms with Gasteiger partial charge in [-0.15, -0.1) is 0 Å². The molecule has 0 saturated carbocycles. The highest BCUT2D eigenvalue weighted by atomic mass is 19.1. The van der Waals surface area contributed by atoms with Crippen molar-refractivity contribution in [2.75, 3.05) is 13.1 Å². The predicted molar refractivity (Wildman–Crippen MR) is 72.6 cm³/mol. The first kappa shape index (κ1) is 12.9. The lowest BCUT2D eigenvalue weighted by molar-refractivity contribution is 0.0760. The van der Waals surface area contributed by atoms with Crippen molar-refractivity contribution in [3.05, 3.63) is 48.0 Å². The molecule has 1 aromatic heterocycles. The van der Waals surface area contributed by atoms with E-state index in [-0.39, 0.29) is 17.8 Å². The van der Waals surface area contributed by atoms with Crippen LogP contribution in [0.4, 0.5) is 4.39 Å². The molecule has 104 valence electrons. The predicted octanol–water partition coefficient (Wildman–Crippen LogP) is 2.26. The minimum absolute atomic E-state index is 0.0467. The fourth-order valence-corrected chi connectivity index (χ4v) is 2.35. The van der Waals surface area contributed by atoms with Crippen molar-refractivity contribution in [1.82, 2.24) is 4.90 Å². The van der Waals surface area contributed by atoms with Crippen LogP contribution in [0.3, 0.4) is 0 Å². The lowest BCUT2D eigenvalue weighted by Crippen LogP contribution is -2.31. The van der Waals surface area contributed by atoms with Crippen molar-refractivity contribution in [1.29, 1.82) is 0 Å². The second kappa shape index (κ2) is 5.09. The Morgan fingerprint density at radius 1 is 1.25 bits per heavy atom. The summed E-state index contributed by atoms with van der Waals surface area (Å²) in [6.45, 7) is 1.22. The third-order valence-corrected chi connectivity index (χ3v) is 3.46. The molecule has 0 unspecified atom stereocenters. The van der Waals surface area contributed by atoms with Crippen molar-refractivity contribution in [3.63, 3.8) is 0 Å². The first-order valence-corrected chi connectivity index (χ1v) is 6.54. The Labute approximate surface area is 116 Å². The average molecular weight is 274 g/mol. The number of rotatable bonds is 2. The van der Waals surface area contributed by atoms with Crippen LogP contribution in [0, 0.1) is 5.82 Å². The molecule has 3 rings (SSSR count). The monoisotopic (exact) mass is 274 g/mol. The van der Waals surface area contributed by atoms with Gasteiger partial charge in [0.15, 0.2) is 5.76 Å². The van der Waals surface area contributed by atoms with Crippen molar-refractivity contribution < 1.29 is 13.6 Å². The van der Waals surface area contributed by atoms with Gasteiger partial charge in [-0.3, -0.25) is 4.79 Å². The average Bonchev–Trinajstić information content (AvgIpc) is 3.08. The Bertz CT molecular complexity index is 621. The number of hydrogen-bond acceptors (Lipinski definition) is 3. The summed E-state index contributed by atoms with van der Waals surface area (Å²) in [5.74, 6) is 0.393. The summed E-state index contributed by atoms with van der Waals surface area (Å²) in [6, 6.07) is 9.37. The van der Waals surface area contributed by atoms with Gasteiger partial charge in [-0.2, -0.15) is 0 Å². The van der Waals surface area contributed by atoms with E-state index in [1.54, 1.807) is 29.2 Å². The van der Waals surface area contributed by atoms with E-state index in [4.69, 9.17) is 10.2 Å². The molecule has 4 nitrogen and oxygen atoms in total. The minimum atomic E-state index is -0.303. The summed E-state index contributed by atoms with van der Waals surface area (Å²) in [7, 11) is 0. The van der Waals surface area contributed by atoms with Crippen LogP contribution in [0.25, 0.3) is 11.3 Å². The molecular weight excluding hydrogens is 259 g/mol. The number of nitrogens with zero attached hydrogens (tertiary/aromatic N) is 1.